The Morgan fingerprint density at radius 1 is 1.30 bits per heavy atom. The molecule has 0 saturated carbocycles. The lowest BCUT2D eigenvalue weighted by atomic mass is 10.2. The number of hydrogen-bond donors (Lipinski definition) is 1. The Morgan fingerprint density at radius 3 is 2.85 bits per heavy atom. The third kappa shape index (κ3) is 4.87. The third-order valence-electron chi connectivity index (χ3n) is 4.00. The first-order valence-corrected chi connectivity index (χ1v) is 8.78. The maximum Gasteiger partial charge on any atom is 0.253 e. The van der Waals surface area contributed by atoms with Gasteiger partial charge in [-0.2, -0.15) is 0 Å². The first-order chi connectivity index (χ1) is 13.1. The van der Waals surface area contributed by atoms with Crippen molar-refractivity contribution in [2.45, 2.75) is 19.6 Å². The number of hydrogen-bond acceptors (Lipinski definition) is 4. The summed E-state index contributed by atoms with van der Waals surface area (Å²) in [4.78, 5) is 16.4. The Labute approximate surface area is 162 Å². The Bertz CT molecular complexity index is 913. The number of carbonyl (C=O) groups excluding carboxylic acids is 1. The van der Waals surface area contributed by atoms with Crippen LogP contribution in [0.1, 0.15) is 12.5 Å². The van der Waals surface area contributed by atoms with Crippen LogP contribution < -0.4 is 10.1 Å². The monoisotopic (exact) mass is 385 g/mol. The van der Waals surface area contributed by atoms with Crippen LogP contribution >= 0.6 is 11.6 Å². The lowest BCUT2D eigenvalue weighted by molar-refractivity contribution is -0.127. The zero-order valence-electron chi connectivity index (χ0n) is 15.1. The zero-order chi connectivity index (χ0) is 19.2. The number of nitrogens with zero attached hydrogens (tertiary/aromatic N) is 2. The van der Waals surface area contributed by atoms with E-state index >= 15 is 0 Å². The summed E-state index contributed by atoms with van der Waals surface area (Å²) < 4.78 is 12.6. The fraction of sp³-hybridized carbons (Fsp3) is 0.200. The number of methoxy groups -OCH3 is 1. The van der Waals surface area contributed by atoms with Crippen LogP contribution in [0.25, 0.3) is 5.69 Å². The van der Waals surface area contributed by atoms with Gasteiger partial charge in [0.1, 0.15) is 11.9 Å². The van der Waals surface area contributed by atoms with Gasteiger partial charge in [0, 0.05) is 18.1 Å². The molecule has 2 aromatic carbocycles. The highest BCUT2D eigenvalue weighted by atomic mass is 35.5. The van der Waals surface area contributed by atoms with Crippen molar-refractivity contribution in [2.24, 2.45) is 0 Å². The lowest BCUT2D eigenvalue weighted by Gasteiger charge is -2.15. The van der Waals surface area contributed by atoms with E-state index in [0.717, 1.165) is 17.0 Å². The summed E-state index contributed by atoms with van der Waals surface area (Å²) in [5.74, 6) is 0.505. The fourth-order valence-corrected chi connectivity index (χ4v) is 2.78. The second-order valence-electron chi connectivity index (χ2n) is 5.93. The van der Waals surface area contributed by atoms with E-state index in [9.17, 15) is 4.79 Å². The number of imidazole rings is 1. The quantitative estimate of drug-likeness (QED) is 0.665. The number of benzene rings is 2. The number of rotatable bonds is 7. The first kappa shape index (κ1) is 18.9. The van der Waals surface area contributed by atoms with E-state index in [2.05, 4.69) is 10.3 Å². The normalized spacial score (nSPS) is 11.8. The van der Waals surface area contributed by atoms with Gasteiger partial charge in [0.05, 0.1) is 30.8 Å². The van der Waals surface area contributed by atoms with E-state index in [4.69, 9.17) is 21.1 Å². The van der Waals surface area contributed by atoms with Gasteiger partial charge >= 0.3 is 0 Å². The van der Waals surface area contributed by atoms with Crippen molar-refractivity contribution in [3.63, 3.8) is 0 Å². The highest BCUT2D eigenvalue weighted by Gasteiger charge is 2.15. The summed E-state index contributed by atoms with van der Waals surface area (Å²) in [6.07, 6.45) is 4.51. The minimum atomic E-state index is -0.622. The molecule has 1 heterocycles. The number of halogens is 1. The van der Waals surface area contributed by atoms with Gasteiger partial charge in [-0.3, -0.25) is 4.79 Å². The van der Waals surface area contributed by atoms with Crippen molar-refractivity contribution in [3.8, 4) is 11.4 Å². The van der Waals surface area contributed by atoms with Gasteiger partial charge in [-0.15, -0.1) is 0 Å². The molecular formula is C20H20ClN3O3. The van der Waals surface area contributed by atoms with Gasteiger partial charge in [-0.05, 0) is 42.8 Å². The molecular weight excluding hydrogens is 366 g/mol. The predicted octanol–water partition coefficient (Wildman–Crippen LogP) is 4.08. The summed E-state index contributed by atoms with van der Waals surface area (Å²) in [6, 6.07) is 12.8. The molecule has 1 atom stereocenters. The van der Waals surface area contributed by atoms with Crippen molar-refractivity contribution in [1.29, 1.82) is 0 Å². The van der Waals surface area contributed by atoms with Gasteiger partial charge in [-0.25, -0.2) is 4.98 Å². The standard InChI is InChI=1S/C20H20ClN3O3/c1-14(27-12-15-4-3-5-17(10-15)26-2)20(25)23-16-6-7-19(18(21)11-16)24-9-8-22-13-24/h3-11,13-14H,12H2,1-2H3,(H,23,25). The van der Waals surface area contributed by atoms with Gasteiger partial charge in [0.25, 0.3) is 5.91 Å². The van der Waals surface area contributed by atoms with Crippen LogP contribution in [0.2, 0.25) is 5.02 Å². The number of anilines is 1. The molecule has 1 N–H and O–H groups in total. The summed E-state index contributed by atoms with van der Waals surface area (Å²) in [5, 5.41) is 3.33. The summed E-state index contributed by atoms with van der Waals surface area (Å²) >= 11 is 6.31. The van der Waals surface area contributed by atoms with E-state index in [0.29, 0.717) is 17.3 Å². The average molecular weight is 386 g/mol. The summed E-state index contributed by atoms with van der Waals surface area (Å²) in [7, 11) is 1.61. The molecule has 3 aromatic rings. The smallest absolute Gasteiger partial charge is 0.253 e. The highest BCUT2D eigenvalue weighted by molar-refractivity contribution is 6.32. The average Bonchev–Trinajstić information content (AvgIpc) is 3.20. The van der Waals surface area contributed by atoms with Crippen molar-refractivity contribution in [1.82, 2.24) is 9.55 Å². The molecule has 1 unspecified atom stereocenters. The molecule has 0 radical (unpaired) electrons. The molecule has 7 heteroatoms. The van der Waals surface area contributed by atoms with Crippen LogP contribution in [0.15, 0.2) is 61.2 Å². The van der Waals surface area contributed by atoms with Gasteiger partial charge in [0.2, 0.25) is 0 Å². The lowest BCUT2D eigenvalue weighted by Crippen LogP contribution is -2.27. The minimum absolute atomic E-state index is 0.246. The molecule has 0 aliphatic rings. The molecule has 0 saturated heterocycles. The molecule has 1 amide bonds. The van der Waals surface area contributed by atoms with Crippen molar-refractivity contribution in [3.05, 3.63) is 71.8 Å². The maximum absolute atomic E-state index is 12.4. The zero-order valence-corrected chi connectivity index (χ0v) is 15.8. The Kier molecular flexibility index (Phi) is 6.11. The topological polar surface area (TPSA) is 65.4 Å². The Balaban J connectivity index is 1.58. The van der Waals surface area contributed by atoms with Crippen LogP contribution in [0.3, 0.4) is 0 Å². The Morgan fingerprint density at radius 2 is 2.15 bits per heavy atom. The molecule has 0 fully saturated rings. The van der Waals surface area contributed by atoms with Gasteiger partial charge < -0.3 is 19.4 Å². The highest BCUT2D eigenvalue weighted by Crippen LogP contribution is 2.24. The predicted molar refractivity (Wildman–Crippen MR) is 104 cm³/mol. The van der Waals surface area contributed by atoms with Crippen molar-refractivity contribution >= 4 is 23.2 Å². The third-order valence-corrected chi connectivity index (χ3v) is 4.30. The molecule has 1 aromatic heterocycles. The van der Waals surface area contributed by atoms with E-state index in [-0.39, 0.29) is 5.91 Å². The number of aromatic nitrogens is 2. The number of nitrogens with one attached hydrogen (secondary N) is 1. The largest absolute Gasteiger partial charge is 0.497 e. The second kappa shape index (κ2) is 8.70. The molecule has 0 bridgehead atoms. The molecule has 0 aliphatic carbocycles. The first-order valence-electron chi connectivity index (χ1n) is 8.40. The van der Waals surface area contributed by atoms with E-state index in [1.807, 2.05) is 30.3 Å². The SMILES string of the molecule is COc1cccc(COC(C)C(=O)Nc2ccc(-n3ccnc3)c(Cl)c2)c1. The molecule has 6 nitrogen and oxygen atoms in total. The van der Waals surface area contributed by atoms with Crippen LogP contribution in [0.5, 0.6) is 5.75 Å². The van der Waals surface area contributed by atoms with E-state index < -0.39 is 6.10 Å². The van der Waals surface area contributed by atoms with Crippen LogP contribution in [0.4, 0.5) is 5.69 Å². The van der Waals surface area contributed by atoms with E-state index in [1.165, 1.54) is 0 Å². The van der Waals surface area contributed by atoms with Crippen LogP contribution in [-0.4, -0.2) is 28.7 Å². The van der Waals surface area contributed by atoms with Crippen molar-refractivity contribution < 1.29 is 14.3 Å². The van der Waals surface area contributed by atoms with Crippen molar-refractivity contribution in [2.75, 3.05) is 12.4 Å². The van der Waals surface area contributed by atoms with Crippen LogP contribution in [-0.2, 0) is 16.1 Å². The molecule has 140 valence electrons. The second-order valence-corrected chi connectivity index (χ2v) is 6.34. The van der Waals surface area contributed by atoms with Gasteiger partial charge in [0.15, 0.2) is 0 Å². The molecule has 0 spiro atoms. The van der Waals surface area contributed by atoms with Crippen LogP contribution in [0, 0.1) is 0 Å². The number of ether oxygens (including phenoxy) is 2. The number of carbonyl (C=O) groups is 1. The summed E-state index contributed by atoms with van der Waals surface area (Å²) in [6.45, 7) is 2.02. The fourth-order valence-electron chi connectivity index (χ4n) is 2.50. The molecule has 3 rings (SSSR count). The molecule has 0 aliphatic heterocycles. The Hall–Kier alpha value is -2.83. The molecule has 27 heavy (non-hydrogen) atoms. The van der Waals surface area contributed by atoms with E-state index in [1.54, 1.807) is 49.5 Å². The summed E-state index contributed by atoms with van der Waals surface area (Å²) in [5.41, 5.74) is 2.32. The number of amides is 1. The minimum Gasteiger partial charge on any atom is -0.497 e. The van der Waals surface area contributed by atoms with Gasteiger partial charge in [-0.1, -0.05) is 23.7 Å². The maximum atomic E-state index is 12.4.